The van der Waals surface area contributed by atoms with Crippen molar-refractivity contribution in [2.24, 2.45) is 5.92 Å². The smallest absolute Gasteiger partial charge is 0.0341 e. The molecule has 0 aliphatic heterocycles. The molecule has 0 aliphatic carbocycles. The Morgan fingerprint density at radius 1 is 1.07 bits per heavy atom. The molecule has 0 spiro atoms. The van der Waals surface area contributed by atoms with Gasteiger partial charge >= 0.3 is 0 Å². The maximum absolute atomic E-state index is 3.40. The van der Waals surface area contributed by atoms with Crippen molar-refractivity contribution in [2.75, 3.05) is 24.2 Å². The van der Waals surface area contributed by atoms with Crippen LogP contribution in [0.5, 0.6) is 0 Å². The average molecular weight is 192 g/mol. The standard InChI is InChI=1S/C12H20N2/c1-10(2)8-9-14-12-6-4-11(13-3)5-7-12/h4-7,10,13-14H,8-9H2,1-3H3. The quantitative estimate of drug-likeness (QED) is 0.748. The number of hydrogen-bond donors (Lipinski definition) is 2. The molecule has 0 saturated carbocycles. The normalized spacial score (nSPS) is 10.3. The topological polar surface area (TPSA) is 24.1 Å². The van der Waals surface area contributed by atoms with E-state index in [9.17, 15) is 0 Å². The SMILES string of the molecule is CNc1ccc(NCCC(C)C)cc1. The van der Waals surface area contributed by atoms with Gasteiger partial charge in [0.25, 0.3) is 0 Å². The Bertz CT molecular complexity index is 252. The number of anilines is 2. The third-order valence-electron chi connectivity index (χ3n) is 2.22. The Labute approximate surface area is 86.7 Å². The molecule has 0 aliphatic rings. The van der Waals surface area contributed by atoms with E-state index in [4.69, 9.17) is 0 Å². The maximum atomic E-state index is 3.40. The largest absolute Gasteiger partial charge is 0.388 e. The average Bonchev–Trinajstić information content (AvgIpc) is 2.18. The van der Waals surface area contributed by atoms with E-state index in [-0.39, 0.29) is 0 Å². The Balaban J connectivity index is 2.36. The molecule has 0 amide bonds. The van der Waals surface area contributed by atoms with E-state index in [1.165, 1.54) is 12.1 Å². The van der Waals surface area contributed by atoms with Crippen LogP contribution < -0.4 is 10.6 Å². The summed E-state index contributed by atoms with van der Waals surface area (Å²) in [6.45, 7) is 5.54. The first-order valence-electron chi connectivity index (χ1n) is 5.24. The number of hydrogen-bond acceptors (Lipinski definition) is 2. The molecule has 2 N–H and O–H groups in total. The molecular formula is C12H20N2. The molecule has 1 aromatic carbocycles. The zero-order valence-electron chi connectivity index (χ0n) is 9.30. The van der Waals surface area contributed by atoms with Crippen LogP contribution in [0.4, 0.5) is 11.4 Å². The number of nitrogens with one attached hydrogen (secondary N) is 2. The fraction of sp³-hybridized carbons (Fsp3) is 0.500. The second-order valence-electron chi connectivity index (χ2n) is 3.94. The van der Waals surface area contributed by atoms with Crippen LogP contribution >= 0.6 is 0 Å². The van der Waals surface area contributed by atoms with E-state index in [1.807, 2.05) is 7.05 Å². The van der Waals surface area contributed by atoms with Crippen LogP contribution in [0.1, 0.15) is 20.3 Å². The third kappa shape index (κ3) is 3.69. The summed E-state index contributed by atoms with van der Waals surface area (Å²) in [5.74, 6) is 0.763. The summed E-state index contributed by atoms with van der Waals surface area (Å²) < 4.78 is 0. The van der Waals surface area contributed by atoms with Crippen LogP contribution in [0, 0.1) is 5.92 Å². The van der Waals surface area contributed by atoms with Gasteiger partial charge < -0.3 is 10.6 Å². The van der Waals surface area contributed by atoms with Crippen molar-refractivity contribution < 1.29 is 0 Å². The molecule has 14 heavy (non-hydrogen) atoms. The Morgan fingerprint density at radius 2 is 1.64 bits per heavy atom. The summed E-state index contributed by atoms with van der Waals surface area (Å²) in [5, 5.41) is 6.50. The monoisotopic (exact) mass is 192 g/mol. The summed E-state index contributed by atoms with van der Waals surface area (Å²) in [5.41, 5.74) is 2.35. The van der Waals surface area contributed by atoms with E-state index < -0.39 is 0 Å². The predicted octanol–water partition coefficient (Wildman–Crippen LogP) is 3.19. The zero-order chi connectivity index (χ0) is 10.4. The van der Waals surface area contributed by atoms with Crippen molar-refractivity contribution in [1.29, 1.82) is 0 Å². The molecular weight excluding hydrogens is 172 g/mol. The first-order chi connectivity index (χ1) is 6.72. The van der Waals surface area contributed by atoms with Crippen LogP contribution in [0.3, 0.4) is 0 Å². The first-order valence-corrected chi connectivity index (χ1v) is 5.24. The summed E-state index contributed by atoms with van der Waals surface area (Å²) >= 11 is 0. The lowest BCUT2D eigenvalue weighted by Crippen LogP contribution is -2.04. The zero-order valence-corrected chi connectivity index (χ0v) is 9.30. The Hall–Kier alpha value is -1.18. The molecule has 1 rings (SSSR count). The van der Waals surface area contributed by atoms with Crippen molar-refractivity contribution in [2.45, 2.75) is 20.3 Å². The molecule has 2 heteroatoms. The summed E-state index contributed by atoms with van der Waals surface area (Å²) in [7, 11) is 1.93. The highest BCUT2D eigenvalue weighted by Gasteiger charge is 1.94. The van der Waals surface area contributed by atoms with Crippen molar-refractivity contribution in [3.05, 3.63) is 24.3 Å². The van der Waals surface area contributed by atoms with Gasteiger partial charge in [0, 0.05) is 25.0 Å². The van der Waals surface area contributed by atoms with E-state index in [1.54, 1.807) is 0 Å². The molecule has 1 aromatic rings. The number of benzene rings is 1. The molecule has 0 fully saturated rings. The second kappa shape index (κ2) is 5.53. The first kappa shape index (κ1) is 10.9. The molecule has 0 saturated heterocycles. The van der Waals surface area contributed by atoms with Gasteiger partial charge in [-0.05, 0) is 36.6 Å². The summed E-state index contributed by atoms with van der Waals surface area (Å²) in [4.78, 5) is 0. The Kier molecular flexibility index (Phi) is 4.30. The molecule has 0 bridgehead atoms. The van der Waals surface area contributed by atoms with Crippen LogP contribution in [0.15, 0.2) is 24.3 Å². The van der Waals surface area contributed by atoms with Gasteiger partial charge in [0.05, 0.1) is 0 Å². The van der Waals surface area contributed by atoms with Crippen molar-refractivity contribution in [1.82, 2.24) is 0 Å². The molecule has 0 unspecified atom stereocenters. The minimum absolute atomic E-state index is 0.763. The molecule has 2 nitrogen and oxygen atoms in total. The van der Waals surface area contributed by atoms with E-state index >= 15 is 0 Å². The lowest BCUT2D eigenvalue weighted by atomic mass is 10.1. The van der Waals surface area contributed by atoms with E-state index in [2.05, 4.69) is 48.7 Å². The highest BCUT2D eigenvalue weighted by molar-refractivity contribution is 5.53. The fourth-order valence-corrected chi connectivity index (χ4v) is 1.26. The molecule has 0 radical (unpaired) electrons. The highest BCUT2D eigenvalue weighted by atomic mass is 14.9. The van der Waals surface area contributed by atoms with Gasteiger partial charge in [-0.25, -0.2) is 0 Å². The maximum Gasteiger partial charge on any atom is 0.0341 e. The van der Waals surface area contributed by atoms with Crippen LogP contribution in [0.25, 0.3) is 0 Å². The van der Waals surface area contributed by atoms with Crippen molar-refractivity contribution in [3.8, 4) is 0 Å². The van der Waals surface area contributed by atoms with Gasteiger partial charge in [-0.1, -0.05) is 13.8 Å². The minimum atomic E-state index is 0.763. The van der Waals surface area contributed by atoms with E-state index in [0.29, 0.717) is 0 Å². The molecule has 0 atom stereocenters. The predicted molar refractivity (Wildman–Crippen MR) is 63.9 cm³/mol. The van der Waals surface area contributed by atoms with Crippen molar-refractivity contribution >= 4 is 11.4 Å². The third-order valence-corrected chi connectivity index (χ3v) is 2.22. The summed E-state index contributed by atoms with van der Waals surface area (Å²) in [6.07, 6.45) is 1.22. The lowest BCUT2D eigenvalue weighted by Gasteiger charge is -2.08. The Morgan fingerprint density at radius 3 is 2.14 bits per heavy atom. The van der Waals surface area contributed by atoms with Gasteiger partial charge in [-0.3, -0.25) is 0 Å². The van der Waals surface area contributed by atoms with Crippen LogP contribution in [-0.2, 0) is 0 Å². The van der Waals surface area contributed by atoms with E-state index in [0.717, 1.165) is 18.2 Å². The molecule has 0 heterocycles. The minimum Gasteiger partial charge on any atom is -0.388 e. The van der Waals surface area contributed by atoms with Gasteiger partial charge in [-0.2, -0.15) is 0 Å². The van der Waals surface area contributed by atoms with Gasteiger partial charge in [0.2, 0.25) is 0 Å². The molecule has 78 valence electrons. The highest BCUT2D eigenvalue weighted by Crippen LogP contribution is 2.13. The van der Waals surface area contributed by atoms with Crippen molar-refractivity contribution in [3.63, 3.8) is 0 Å². The van der Waals surface area contributed by atoms with Crippen LogP contribution in [-0.4, -0.2) is 13.6 Å². The number of rotatable bonds is 5. The fourth-order valence-electron chi connectivity index (χ4n) is 1.26. The van der Waals surface area contributed by atoms with Gasteiger partial charge in [-0.15, -0.1) is 0 Å². The lowest BCUT2D eigenvalue weighted by molar-refractivity contribution is 0.607. The second-order valence-corrected chi connectivity index (χ2v) is 3.94. The van der Waals surface area contributed by atoms with Crippen LogP contribution in [0.2, 0.25) is 0 Å². The molecule has 0 aromatic heterocycles. The van der Waals surface area contributed by atoms with Gasteiger partial charge in [0.15, 0.2) is 0 Å². The summed E-state index contributed by atoms with van der Waals surface area (Å²) in [6, 6.07) is 8.37. The van der Waals surface area contributed by atoms with Gasteiger partial charge in [0.1, 0.15) is 0 Å².